The van der Waals surface area contributed by atoms with E-state index in [1.807, 2.05) is 6.92 Å². The molecule has 6 heteroatoms. The van der Waals surface area contributed by atoms with Crippen LogP contribution in [0.1, 0.15) is 25.3 Å². The number of carbonyl (C=O) groups excluding carboxylic acids is 1. The monoisotopic (exact) mass is 282 g/mol. The predicted octanol–water partition coefficient (Wildman–Crippen LogP) is 1.41. The molecule has 1 heterocycles. The zero-order chi connectivity index (χ0) is 14.4. The van der Waals surface area contributed by atoms with Crippen LogP contribution in [0.25, 0.3) is 0 Å². The largest absolute Gasteiger partial charge is 0.312 e. The normalized spacial score (nSPS) is 18.8. The van der Waals surface area contributed by atoms with Crippen LogP contribution in [0.15, 0.2) is 23.1 Å². The van der Waals surface area contributed by atoms with Crippen LogP contribution < -0.4 is 4.90 Å². The van der Waals surface area contributed by atoms with Crippen molar-refractivity contribution in [3.63, 3.8) is 0 Å². The van der Waals surface area contributed by atoms with Crippen LogP contribution >= 0.6 is 0 Å². The third-order valence-corrected chi connectivity index (χ3v) is 5.25. The number of nitrogens with zero attached hydrogens (tertiary/aromatic N) is 2. The first-order valence-electron chi connectivity index (χ1n) is 6.09. The molecule has 1 aliphatic heterocycles. The summed E-state index contributed by atoms with van der Waals surface area (Å²) < 4.78 is 25.4. The third-order valence-electron chi connectivity index (χ3n) is 3.44. The fourth-order valence-corrected chi connectivity index (χ4v) is 3.25. The maximum Gasteiger partial charge on any atom is 0.242 e. The van der Waals surface area contributed by atoms with E-state index in [0.29, 0.717) is 6.54 Å². The molecule has 0 fully saturated rings. The number of sulfonamides is 1. The molecule has 1 amide bonds. The summed E-state index contributed by atoms with van der Waals surface area (Å²) >= 11 is 0. The van der Waals surface area contributed by atoms with Gasteiger partial charge in [-0.1, -0.05) is 6.92 Å². The van der Waals surface area contributed by atoms with Gasteiger partial charge in [0.1, 0.15) is 0 Å². The molecule has 0 spiro atoms. The Morgan fingerprint density at radius 3 is 2.53 bits per heavy atom. The summed E-state index contributed by atoms with van der Waals surface area (Å²) in [5.74, 6) is 0.130. The summed E-state index contributed by atoms with van der Waals surface area (Å²) in [7, 11) is -0.414. The second kappa shape index (κ2) is 4.61. The molecule has 1 aromatic rings. The van der Waals surface area contributed by atoms with Crippen LogP contribution in [-0.2, 0) is 14.8 Å². The topological polar surface area (TPSA) is 57.7 Å². The van der Waals surface area contributed by atoms with Gasteiger partial charge in [0.15, 0.2) is 0 Å². The molecule has 0 N–H and O–H groups in total. The quantitative estimate of drug-likeness (QED) is 0.824. The van der Waals surface area contributed by atoms with Gasteiger partial charge < -0.3 is 4.90 Å². The average molecular weight is 282 g/mol. The Balaban J connectivity index is 2.53. The van der Waals surface area contributed by atoms with Gasteiger partial charge in [0, 0.05) is 39.2 Å². The minimum Gasteiger partial charge on any atom is -0.312 e. The number of hydrogen-bond donors (Lipinski definition) is 0. The zero-order valence-corrected chi connectivity index (χ0v) is 12.4. The molecule has 1 aromatic carbocycles. The SMILES string of the molecule is CC(=O)N1CC(C)c2cc(S(=O)(=O)N(C)C)ccc21. The Morgan fingerprint density at radius 2 is 2.00 bits per heavy atom. The average Bonchev–Trinajstić information content (AvgIpc) is 2.66. The van der Waals surface area contributed by atoms with Crippen LogP contribution in [0.4, 0.5) is 5.69 Å². The van der Waals surface area contributed by atoms with Crippen molar-refractivity contribution in [2.24, 2.45) is 0 Å². The van der Waals surface area contributed by atoms with E-state index in [4.69, 9.17) is 0 Å². The van der Waals surface area contributed by atoms with Gasteiger partial charge in [0.25, 0.3) is 0 Å². The van der Waals surface area contributed by atoms with E-state index in [9.17, 15) is 13.2 Å². The highest BCUT2D eigenvalue weighted by Gasteiger charge is 2.30. The Morgan fingerprint density at radius 1 is 1.37 bits per heavy atom. The summed E-state index contributed by atoms with van der Waals surface area (Å²) in [6.45, 7) is 4.12. The molecule has 104 valence electrons. The lowest BCUT2D eigenvalue weighted by Crippen LogP contribution is -2.26. The molecule has 0 saturated heterocycles. The molecular formula is C13H18N2O3S. The van der Waals surface area contributed by atoms with Gasteiger partial charge in [-0.05, 0) is 23.8 Å². The molecule has 1 unspecified atom stereocenters. The second-order valence-electron chi connectivity index (χ2n) is 5.04. The van der Waals surface area contributed by atoms with Crippen LogP contribution in [0, 0.1) is 0 Å². The standard InChI is InChI=1S/C13H18N2O3S/c1-9-8-15(10(2)16)13-6-5-11(7-12(9)13)19(17,18)14(3)4/h5-7,9H,8H2,1-4H3. The molecule has 0 radical (unpaired) electrons. The van der Waals surface area contributed by atoms with Crippen LogP contribution in [-0.4, -0.2) is 39.3 Å². The highest BCUT2D eigenvalue weighted by Crippen LogP contribution is 2.37. The fourth-order valence-electron chi connectivity index (χ4n) is 2.31. The predicted molar refractivity (Wildman–Crippen MR) is 73.8 cm³/mol. The van der Waals surface area contributed by atoms with Gasteiger partial charge in [0.2, 0.25) is 15.9 Å². The van der Waals surface area contributed by atoms with Gasteiger partial charge in [-0.3, -0.25) is 4.79 Å². The third kappa shape index (κ3) is 2.26. The number of rotatable bonds is 2. The van der Waals surface area contributed by atoms with Gasteiger partial charge in [-0.15, -0.1) is 0 Å². The lowest BCUT2D eigenvalue weighted by Gasteiger charge is -2.16. The fraction of sp³-hybridized carbons (Fsp3) is 0.462. The highest BCUT2D eigenvalue weighted by molar-refractivity contribution is 7.89. The highest BCUT2D eigenvalue weighted by atomic mass is 32.2. The number of carbonyl (C=O) groups is 1. The van der Waals surface area contributed by atoms with Crippen molar-refractivity contribution in [3.8, 4) is 0 Å². The first-order valence-corrected chi connectivity index (χ1v) is 7.53. The van der Waals surface area contributed by atoms with Crippen LogP contribution in [0.5, 0.6) is 0 Å². The molecule has 2 rings (SSSR count). The number of hydrogen-bond acceptors (Lipinski definition) is 3. The lowest BCUT2D eigenvalue weighted by atomic mass is 10.0. The van der Waals surface area contributed by atoms with E-state index in [1.165, 1.54) is 25.3 Å². The van der Waals surface area contributed by atoms with Crippen molar-refractivity contribution >= 4 is 21.6 Å². The number of fused-ring (bicyclic) bond motifs is 1. The molecular weight excluding hydrogens is 264 g/mol. The molecule has 5 nitrogen and oxygen atoms in total. The van der Waals surface area contributed by atoms with Crippen molar-refractivity contribution < 1.29 is 13.2 Å². The molecule has 0 bridgehead atoms. The van der Waals surface area contributed by atoms with E-state index in [1.54, 1.807) is 23.1 Å². The Bertz CT molecular complexity index is 623. The Hall–Kier alpha value is -1.40. The van der Waals surface area contributed by atoms with Gasteiger partial charge in [-0.2, -0.15) is 0 Å². The molecule has 0 saturated carbocycles. The zero-order valence-electron chi connectivity index (χ0n) is 11.5. The lowest BCUT2D eigenvalue weighted by molar-refractivity contribution is -0.116. The molecule has 1 atom stereocenters. The van der Waals surface area contributed by atoms with E-state index in [-0.39, 0.29) is 16.7 Å². The maximum atomic E-state index is 12.1. The Labute approximate surface area is 113 Å². The van der Waals surface area contributed by atoms with E-state index >= 15 is 0 Å². The van der Waals surface area contributed by atoms with Crippen molar-refractivity contribution in [2.45, 2.75) is 24.7 Å². The summed E-state index contributed by atoms with van der Waals surface area (Å²) in [5, 5.41) is 0. The second-order valence-corrected chi connectivity index (χ2v) is 7.19. The minimum absolute atomic E-state index is 0.0196. The summed E-state index contributed by atoms with van der Waals surface area (Å²) in [4.78, 5) is 13.5. The smallest absolute Gasteiger partial charge is 0.242 e. The number of anilines is 1. The van der Waals surface area contributed by atoms with Gasteiger partial charge in [-0.25, -0.2) is 12.7 Å². The van der Waals surface area contributed by atoms with Crippen molar-refractivity contribution in [1.29, 1.82) is 0 Å². The van der Waals surface area contributed by atoms with E-state index < -0.39 is 10.0 Å². The Kier molecular flexibility index (Phi) is 3.40. The van der Waals surface area contributed by atoms with Crippen molar-refractivity contribution in [1.82, 2.24) is 4.31 Å². The van der Waals surface area contributed by atoms with Crippen LogP contribution in [0.3, 0.4) is 0 Å². The molecule has 0 aromatic heterocycles. The number of benzene rings is 1. The minimum atomic E-state index is -3.43. The molecule has 1 aliphatic rings. The summed E-state index contributed by atoms with van der Waals surface area (Å²) in [5.41, 5.74) is 1.73. The first kappa shape index (κ1) is 14.0. The first-order chi connectivity index (χ1) is 8.75. The van der Waals surface area contributed by atoms with Gasteiger partial charge >= 0.3 is 0 Å². The summed E-state index contributed by atoms with van der Waals surface area (Å²) in [6.07, 6.45) is 0. The van der Waals surface area contributed by atoms with E-state index in [2.05, 4.69) is 0 Å². The molecule has 0 aliphatic carbocycles. The van der Waals surface area contributed by atoms with Crippen molar-refractivity contribution in [2.75, 3.05) is 25.5 Å². The number of amides is 1. The molecule has 19 heavy (non-hydrogen) atoms. The van der Waals surface area contributed by atoms with E-state index in [0.717, 1.165) is 11.3 Å². The van der Waals surface area contributed by atoms with Gasteiger partial charge in [0.05, 0.1) is 4.90 Å². The van der Waals surface area contributed by atoms with Crippen LogP contribution in [0.2, 0.25) is 0 Å². The summed E-state index contributed by atoms with van der Waals surface area (Å²) in [6, 6.07) is 4.96. The van der Waals surface area contributed by atoms with Crippen molar-refractivity contribution in [3.05, 3.63) is 23.8 Å². The maximum absolute atomic E-state index is 12.1.